The van der Waals surface area contributed by atoms with Crippen molar-refractivity contribution in [2.45, 2.75) is 32.7 Å². The van der Waals surface area contributed by atoms with E-state index in [9.17, 15) is 10.1 Å². The highest BCUT2D eigenvalue weighted by Gasteiger charge is 2.20. The van der Waals surface area contributed by atoms with Gasteiger partial charge in [0.05, 0.1) is 6.20 Å². The van der Waals surface area contributed by atoms with Gasteiger partial charge in [0, 0.05) is 10.5 Å². The summed E-state index contributed by atoms with van der Waals surface area (Å²) in [4.78, 5) is 17.4. The molecule has 0 saturated heterocycles. The van der Waals surface area contributed by atoms with E-state index in [0.717, 1.165) is 5.76 Å². The van der Waals surface area contributed by atoms with Crippen LogP contribution in [-0.4, -0.2) is 24.7 Å². The van der Waals surface area contributed by atoms with E-state index in [1.54, 1.807) is 6.20 Å². The minimum atomic E-state index is -0.646. The smallest absolute Gasteiger partial charge is 0.443 e. The van der Waals surface area contributed by atoms with Gasteiger partial charge in [0.25, 0.3) is 0 Å². The van der Waals surface area contributed by atoms with Gasteiger partial charge >= 0.3 is 5.95 Å². The van der Waals surface area contributed by atoms with Gasteiger partial charge in [-0.05, 0) is 4.92 Å². The van der Waals surface area contributed by atoms with Crippen molar-refractivity contribution in [1.82, 2.24) is 19.7 Å². The predicted octanol–water partition coefficient (Wildman–Crippen LogP) is 1.52. The molecule has 0 saturated carbocycles. The Bertz CT molecular complexity index is 566. The first-order valence-corrected chi connectivity index (χ1v) is 5.35. The SMILES string of the molecule is CC(C)(C)c1cnc(Cn2cnc([N+](=O)[O-])n2)o1. The van der Waals surface area contributed by atoms with E-state index >= 15 is 0 Å². The van der Waals surface area contributed by atoms with Crippen molar-refractivity contribution in [3.8, 4) is 0 Å². The van der Waals surface area contributed by atoms with Gasteiger partial charge in [0.1, 0.15) is 12.3 Å². The zero-order valence-corrected chi connectivity index (χ0v) is 10.3. The number of hydrogen-bond acceptors (Lipinski definition) is 6. The summed E-state index contributed by atoms with van der Waals surface area (Å²) in [5, 5.41) is 14.1. The number of aromatic nitrogens is 4. The summed E-state index contributed by atoms with van der Waals surface area (Å²) in [7, 11) is 0. The fraction of sp³-hybridized carbons (Fsp3) is 0.500. The first-order valence-electron chi connectivity index (χ1n) is 5.35. The molecule has 0 spiro atoms. The first-order chi connectivity index (χ1) is 8.36. The third kappa shape index (κ3) is 2.53. The van der Waals surface area contributed by atoms with Crippen LogP contribution < -0.4 is 0 Å². The lowest BCUT2D eigenvalue weighted by molar-refractivity contribution is -0.394. The van der Waals surface area contributed by atoms with Crippen LogP contribution in [0.25, 0.3) is 0 Å². The maximum atomic E-state index is 10.4. The van der Waals surface area contributed by atoms with Crippen molar-refractivity contribution in [3.63, 3.8) is 0 Å². The normalized spacial score (nSPS) is 11.7. The Morgan fingerprint density at radius 1 is 1.44 bits per heavy atom. The standard InChI is InChI=1S/C10H13N5O3/c1-10(2,3)7-4-11-8(18-7)5-14-6-12-9(13-14)15(16)17/h4,6H,5H2,1-3H3. The molecule has 2 heterocycles. The first kappa shape index (κ1) is 12.2. The minimum absolute atomic E-state index is 0.125. The van der Waals surface area contributed by atoms with Crippen molar-refractivity contribution in [3.05, 3.63) is 34.3 Å². The molecule has 0 aliphatic rings. The number of hydrogen-bond donors (Lipinski definition) is 0. The summed E-state index contributed by atoms with van der Waals surface area (Å²) in [6, 6.07) is 0. The molecule has 0 N–H and O–H groups in total. The van der Waals surface area contributed by atoms with Crippen molar-refractivity contribution >= 4 is 5.95 Å². The number of rotatable bonds is 3. The number of nitrogens with zero attached hydrogens (tertiary/aromatic N) is 5. The Balaban J connectivity index is 2.14. The molecule has 2 aromatic heterocycles. The van der Waals surface area contributed by atoms with Gasteiger partial charge in [-0.1, -0.05) is 25.8 Å². The van der Waals surface area contributed by atoms with E-state index in [4.69, 9.17) is 4.42 Å². The molecule has 0 unspecified atom stereocenters. The summed E-state index contributed by atoms with van der Waals surface area (Å²) in [5.74, 6) is 0.768. The molecule has 0 aliphatic carbocycles. The molecule has 8 nitrogen and oxygen atoms in total. The van der Waals surface area contributed by atoms with Crippen molar-refractivity contribution < 1.29 is 9.34 Å². The zero-order valence-electron chi connectivity index (χ0n) is 10.3. The fourth-order valence-corrected chi connectivity index (χ4v) is 1.31. The Kier molecular flexibility index (Phi) is 2.85. The van der Waals surface area contributed by atoms with Crippen molar-refractivity contribution in [2.24, 2.45) is 0 Å². The lowest BCUT2D eigenvalue weighted by atomic mass is 9.94. The maximum Gasteiger partial charge on any atom is 0.490 e. The van der Waals surface area contributed by atoms with E-state index in [1.165, 1.54) is 11.0 Å². The molecular weight excluding hydrogens is 238 g/mol. The van der Waals surface area contributed by atoms with Crippen LogP contribution in [0.3, 0.4) is 0 Å². The highest BCUT2D eigenvalue weighted by Crippen LogP contribution is 2.22. The molecule has 0 atom stereocenters. The highest BCUT2D eigenvalue weighted by atomic mass is 16.6. The fourth-order valence-electron chi connectivity index (χ4n) is 1.31. The quantitative estimate of drug-likeness (QED) is 0.605. The van der Waals surface area contributed by atoms with Crippen LogP contribution in [0.5, 0.6) is 0 Å². The summed E-state index contributed by atoms with van der Waals surface area (Å²) in [6.45, 7) is 6.25. The van der Waals surface area contributed by atoms with Crippen LogP contribution in [0.2, 0.25) is 0 Å². The van der Waals surface area contributed by atoms with Gasteiger partial charge in [-0.2, -0.15) is 4.68 Å². The van der Waals surface area contributed by atoms with Crippen LogP contribution in [0.4, 0.5) is 5.95 Å². The van der Waals surface area contributed by atoms with Crippen LogP contribution in [0.15, 0.2) is 16.9 Å². The third-order valence-corrected chi connectivity index (χ3v) is 2.28. The monoisotopic (exact) mass is 251 g/mol. The predicted molar refractivity (Wildman–Crippen MR) is 61.0 cm³/mol. The summed E-state index contributed by atoms with van der Waals surface area (Å²) < 4.78 is 6.87. The second-order valence-corrected chi connectivity index (χ2v) is 4.87. The van der Waals surface area contributed by atoms with Crippen LogP contribution in [0.1, 0.15) is 32.4 Å². The van der Waals surface area contributed by atoms with E-state index in [-0.39, 0.29) is 12.0 Å². The molecule has 0 fully saturated rings. The Morgan fingerprint density at radius 3 is 2.67 bits per heavy atom. The van der Waals surface area contributed by atoms with E-state index < -0.39 is 10.9 Å². The van der Waals surface area contributed by atoms with Crippen molar-refractivity contribution in [1.29, 1.82) is 0 Å². The van der Waals surface area contributed by atoms with Gasteiger partial charge in [0.15, 0.2) is 0 Å². The molecule has 0 amide bonds. The molecule has 0 aliphatic heterocycles. The summed E-state index contributed by atoms with van der Waals surface area (Å²) in [5.41, 5.74) is -0.125. The maximum absolute atomic E-state index is 10.4. The number of oxazole rings is 1. The largest absolute Gasteiger partial charge is 0.490 e. The molecular formula is C10H13N5O3. The van der Waals surface area contributed by atoms with E-state index in [2.05, 4.69) is 15.1 Å². The second-order valence-electron chi connectivity index (χ2n) is 4.87. The Morgan fingerprint density at radius 2 is 2.17 bits per heavy atom. The average molecular weight is 251 g/mol. The summed E-state index contributed by atoms with van der Waals surface area (Å²) >= 11 is 0. The summed E-state index contributed by atoms with van der Waals surface area (Å²) in [6.07, 6.45) is 2.93. The topological polar surface area (TPSA) is 99.9 Å². The van der Waals surface area contributed by atoms with Crippen LogP contribution >= 0.6 is 0 Å². The van der Waals surface area contributed by atoms with Gasteiger partial charge < -0.3 is 14.5 Å². The third-order valence-electron chi connectivity index (χ3n) is 2.28. The number of nitro groups is 1. The average Bonchev–Trinajstić information content (AvgIpc) is 2.85. The van der Waals surface area contributed by atoms with E-state index in [1.807, 2.05) is 20.8 Å². The van der Waals surface area contributed by atoms with Gasteiger partial charge in [-0.25, -0.2) is 4.98 Å². The second kappa shape index (κ2) is 4.21. The molecule has 8 heteroatoms. The lowest BCUT2D eigenvalue weighted by Crippen LogP contribution is -2.09. The molecule has 0 bridgehead atoms. The Hall–Kier alpha value is -2.25. The van der Waals surface area contributed by atoms with Crippen molar-refractivity contribution in [2.75, 3.05) is 0 Å². The van der Waals surface area contributed by atoms with Crippen LogP contribution in [-0.2, 0) is 12.0 Å². The van der Waals surface area contributed by atoms with Gasteiger partial charge in [-0.3, -0.25) is 0 Å². The van der Waals surface area contributed by atoms with Gasteiger partial charge in [-0.15, -0.1) is 0 Å². The Labute approximate surface area is 103 Å². The molecule has 2 rings (SSSR count). The van der Waals surface area contributed by atoms with E-state index in [0.29, 0.717) is 5.89 Å². The highest BCUT2D eigenvalue weighted by molar-refractivity contribution is 5.06. The molecule has 0 aromatic carbocycles. The molecule has 2 aromatic rings. The molecule has 96 valence electrons. The van der Waals surface area contributed by atoms with Crippen LogP contribution in [0, 0.1) is 10.1 Å². The molecule has 18 heavy (non-hydrogen) atoms. The molecule has 0 radical (unpaired) electrons. The zero-order chi connectivity index (χ0) is 13.3. The lowest BCUT2D eigenvalue weighted by Gasteiger charge is -2.12. The minimum Gasteiger partial charge on any atom is -0.443 e. The van der Waals surface area contributed by atoms with Gasteiger partial charge in [0.2, 0.25) is 12.2 Å².